The molecule has 1 amide bonds. The first-order chi connectivity index (χ1) is 11.9. The van der Waals surface area contributed by atoms with Crippen molar-refractivity contribution in [2.45, 2.75) is 23.8 Å². The molecular formula is C17H16Cl2N2O3S. The molecule has 5 nitrogen and oxygen atoms in total. The summed E-state index contributed by atoms with van der Waals surface area (Å²) in [6.45, 7) is 0.304. The molecule has 1 saturated heterocycles. The predicted octanol–water partition coefficient (Wildman–Crippen LogP) is 3.79. The van der Waals surface area contributed by atoms with Crippen molar-refractivity contribution in [3.05, 3.63) is 58.6 Å². The molecule has 2 aromatic rings. The predicted molar refractivity (Wildman–Crippen MR) is 98.4 cm³/mol. The molecule has 0 spiro atoms. The largest absolute Gasteiger partial charge is 0.325 e. The highest BCUT2D eigenvalue weighted by molar-refractivity contribution is 7.89. The maximum atomic E-state index is 12.8. The van der Waals surface area contributed by atoms with Gasteiger partial charge in [-0.1, -0.05) is 29.3 Å². The van der Waals surface area contributed by atoms with Crippen molar-refractivity contribution in [3.8, 4) is 0 Å². The van der Waals surface area contributed by atoms with Gasteiger partial charge in [-0.05, 0) is 55.3 Å². The highest BCUT2D eigenvalue weighted by Gasteiger charge is 2.39. The number of carbonyl (C=O) groups excluding carboxylic acids is 1. The van der Waals surface area contributed by atoms with Gasteiger partial charge in [-0.3, -0.25) is 4.79 Å². The van der Waals surface area contributed by atoms with E-state index in [1.807, 2.05) is 0 Å². The van der Waals surface area contributed by atoms with Crippen LogP contribution < -0.4 is 5.32 Å². The monoisotopic (exact) mass is 398 g/mol. The zero-order chi connectivity index (χ0) is 18.0. The Morgan fingerprint density at radius 3 is 2.48 bits per heavy atom. The first kappa shape index (κ1) is 18.2. The molecule has 25 heavy (non-hydrogen) atoms. The van der Waals surface area contributed by atoms with E-state index in [1.165, 1.54) is 28.6 Å². The zero-order valence-corrected chi connectivity index (χ0v) is 15.5. The lowest BCUT2D eigenvalue weighted by atomic mass is 10.2. The number of carbonyl (C=O) groups is 1. The third kappa shape index (κ3) is 3.98. The molecule has 1 heterocycles. The number of rotatable bonds is 4. The fraction of sp³-hybridized carbons (Fsp3) is 0.235. The van der Waals surface area contributed by atoms with Crippen LogP contribution in [0, 0.1) is 0 Å². The molecule has 0 bridgehead atoms. The summed E-state index contributed by atoms with van der Waals surface area (Å²) in [6, 6.07) is 11.9. The Morgan fingerprint density at radius 2 is 1.80 bits per heavy atom. The van der Waals surface area contributed by atoms with Gasteiger partial charge in [0.25, 0.3) is 0 Å². The van der Waals surface area contributed by atoms with Crippen LogP contribution in [0.5, 0.6) is 0 Å². The maximum absolute atomic E-state index is 12.8. The molecule has 3 rings (SSSR count). The lowest BCUT2D eigenvalue weighted by molar-refractivity contribution is -0.119. The molecule has 1 fully saturated rings. The van der Waals surface area contributed by atoms with Crippen LogP contribution in [0.25, 0.3) is 0 Å². The van der Waals surface area contributed by atoms with Gasteiger partial charge in [-0.25, -0.2) is 8.42 Å². The molecule has 0 radical (unpaired) electrons. The van der Waals surface area contributed by atoms with Gasteiger partial charge in [0, 0.05) is 22.3 Å². The Labute approximate surface area is 156 Å². The highest BCUT2D eigenvalue weighted by Crippen LogP contribution is 2.28. The van der Waals surface area contributed by atoms with Gasteiger partial charge in [0.2, 0.25) is 15.9 Å². The molecule has 1 aliphatic rings. The normalized spacial score (nSPS) is 18.2. The van der Waals surface area contributed by atoms with E-state index < -0.39 is 16.1 Å². The van der Waals surface area contributed by atoms with Crippen LogP contribution in [0.4, 0.5) is 5.69 Å². The first-order valence-corrected chi connectivity index (χ1v) is 9.91. The third-order valence-corrected chi connectivity index (χ3v) is 6.43. The molecule has 1 atom stereocenters. The van der Waals surface area contributed by atoms with Crippen LogP contribution in [-0.2, 0) is 14.8 Å². The van der Waals surface area contributed by atoms with Crippen LogP contribution in [-0.4, -0.2) is 31.2 Å². The number of amides is 1. The van der Waals surface area contributed by atoms with E-state index in [0.29, 0.717) is 35.1 Å². The summed E-state index contributed by atoms with van der Waals surface area (Å²) in [7, 11) is -3.76. The topological polar surface area (TPSA) is 66.5 Å². The summed E-state index contributed by atoms with van der Waals surface area (Å²) >= 11 is 11.7. The lowest BCUT2D eigenvalue weighted by Gasteiger charge is -2.23. The second-order valence-corrected chi connectivity index (χ2v) is 8.49. The van der Waals surface area contributed by atoms with E-state index in [-0.39, 0.29) is 10.8 Å². The minimum absolute atomic E-state index is 0.124. The molecule has 1 N–H and O–H groups in total. The summed E-state index contributed by atoms with van der Waals surface area (Å²) in [5.41, 5.74) is 0.535. The van der Waals surface area contributed by atoms with Crippen molar-refractivity contribution >= 4 is 44.8 Å². The number of halogens is 2. The number of hydrogen-bond donors (Lipinski definition) is 1. The lowest BCUT2D eigenvalue weighted by Crippen LogP contribution is -2.43. The van der Waals surface area contributed by atoms with Crippen molar-refractivity contribution in [3.63, 3.8) is 0 Å². The molecule has 1 aliphatic heterocycles. The minimum Gasteiger partial charge on any atom is -0.325 e. The fourth-order valence-corrected chi connectivity index (χ4v) is 4.80. The fourth-order valence-electron chi connectivity index (χ4n) is 2.82. The molecular weight excluding hydrogens is 383 g/mol. The average Bonchev–Trinajstić information content (AvgIpc) is 3.06. The van der Waals surface area contributed by atoms with Gasteiger partial charge in [0.1, 0.15) is 6.04 Å². The molecule has 8 heteroatoms. The number of anilines is 1. The van der Waals surface area contributed by atoms with Crippen LogP contribution >= 0.6 is 23.2 Å². The standard InChI is InChI=1S/C17H16Cl2N2O3S/c18-12-6-8-15(9-7-12)25(23,24)21-10-2-5-16(21)17(22)20-14-4-1-3-13(19)11-14/h1,3-4,6-9,11,16H,2,5,10H2,(H,20,22)/t16-/m1/s1. The van der Waals surface area contributed by atoms with Crippen molar-refractivity contribution in [2.75, 3.05) is 11.9 Å². The van der Waals surface area contributed by atoms with Gasteiger partial charge in [-0.15, -0.1) is 0 Å². The first-order valence-electron chi connectivity index (χ1n) is 7.72. The number of hydrogen-bond acceptors (Lipinski definition) is 3. The second-order valence-electron chi connectivity index (χ2n) is 5.73. The van der Waals surface area contributed by atoms with E-state index >= 15 is 0 Å². The van der Waals surface area contributed by atoms with Gasteiger partial charge in [0.15, 0.2) is 0 Å². The quantitative estimate of drug-likeness (QED) is 0.851. The minimum atomic E-state index is -3.76. The Bertz CT molecular complexity index is 885. The Balaban J connectivity index is 1.82. The molecule has 0 unspecified atom stereocenters. The van der Waals surface area contributed by atoms with E-state index in [9.17, 15) is 13.2 Å². The maximum Gasteiger partial charge on any atom is 0.243 e. The van der Waals surface area contributed by atoms with Crippen LogP contribution in [0.1, 0.15) is 12.8 Å². The second kappa shape index (κ2) is 7.33. The molecule has 0 aliphatic carbocycles. The summed E-state index contributed by atoms with van der Waals surface area (Å²) in [6.07, 6.45) is 1.10. The number of nitrogens with one attached hydrogen (secondary N) is 1. The van der Waals surface area contributed by atoms with E-state index in [0.717, 1.165) is 0 Å². The molecule has 0 aromatic heterocycles. The molecule has 2 aromatic carbocycles. The Morgan fingerprint density at radius 1 is 1.08 bits per heavy atom. The van der Waals surface area contributed by atoms with E-state index in [1.54, 1.807) is 24.3 Å². The van der Waals surface area contributed by atoms with Gasteiger partial charge in [0.05, 0.1) is 4.90 Å². The van der Waals surface area contributed by atoms with Crippen molar-refractivity contribution in [1.82, 2.24) is 4.31 Å². The zero-order valence-electron chi connectivity index (χ0n) is 13.2. The summed E-state index contributed by atoms with van der Waals surface area (Å²) in [4.78, 5) is 12.7. The SMILES string of the molecule is O=C(Nc1cccc(Cl)c1)[C@H]1CCCN1S(=O)(=O)c1ccc(Cl)cc1. The van der Waals surface area contributed by atoms with E-state index in [4.69, 9.17) is 23.2 Å². The number of nitrogens with zero attached hydrogens (tertiary/aromatic N) is 1. The van der Waals surface area contributed by atoms with Gasteiger partial charge >= 0.3 is 0 Å². The summed E-state index contributed by atoms with van der Waals surface area (Å²) in [5.74, 6) is -0.364. The van der Waals surface area contributed by atoms with Crippen molar-refractivity contribution in [1.29, 1.82) is 0 Å². The Kier molecular flexibility index (Phi) is 5.34. The number of benzene rings is 2. The highest BCUT2D eigenvalue weighted by atomic mass is 35.5. The van der Waals surface area contributed by atoms with Gasteiger partial charge in [-0.2, -0.15) is 4.31 Å². The van der Waals surface area contributed by atoms with Crippen LogP contribution in [0.15, 0.2) is 53.4 Å². The molecule has 0 saturated carbocycles. The molecule has 132 valence electrons. The number of sulfonamides is 1. The summed E-state index contributed by atoms with van der Waals surface area (Å²) < 4.78 is 26.9. The third-order valence-electron chi connectivity index (χ3n) is 4.02. The Hall–Kier alpha value is -1.60. The van der Waals surface area contributed by atoms with Crippen molar-refractivity contribution < 1.29 is 13.2 Å². The van der Waals surface area contributed by atoms with Crippen LogP contribution in [0.2, 0.25) is 10.0 Å². The van der Waals surface area contributed by atoms with Crippen LogP contribution in [0.3, 0.4) is 0 Å². The van der Waals surface area contributed by atoms with E-state index in [2.05, 4.69) is 5.32 Å². The van der Waals surface area contributed by atoms with Gasteiger partial charge < -0.3 is 5.32 Å². The average molecular weight is 399 g/mol. The van der Waals surface area contributed by atoms with Crippen molar-refractivity contribution in [2.24, 2.45) is 0 Å². The smallest absolute Gasteiger partial charge is 0.243 e. The summed E-state index contributed by atoms with van der Waals surface area (Å²) in [5, 5.41) is 3.69.